The number of furan rings is 2. The van der Waals surface area contributed by atoms with Crippen LogP contribution in [0.5, 0.6) is 0 Å². The minimum Gasteiger partial charge on any atom is -0.500 e. The van der Waals surface area contributed by atoms with Gasteiger partial charge in [0, 0.05) is 34.6 Å². The summed E-state index contributed by atoms with van der Waals surface area (Å²) in [5.74, 6) is 0. The van der Waals surface area contributed by atoms with Gasteiger partial charge in [-0.1, -0.05) is 71.4 Å². The van der Waals surface area contributed by atoms with Crippen molar-refractivity contribution in [3.8, 4) is 33.9 Å². The zero-order valence-electron chi connectivity index (χ0n) is 22.5. The van der Waals surface area contributed by atoms with Crippen LogP contribution in [0.3, 0.4) is 0 Å². The normalized spacial score (nSPS) is 11.5. The van der Waals surface area contributed by atoms with Gasteiger partial charge in [-0.3, -0.25) is 0 Å². The molecule has 0 saturated carbocycles. The standard InChI is InChI=1S/C36H20N4O2.Pt/c1-5-11-33-25(7-1)27-21-23(13-15-35(27)41-33)29-17-19-39(37-29)31-9-3-4-10-32(31)40-20-18-30(38-40)24-14-16-36-28(22-24)26-8-2-6-12-34(26)42-36;/h1-12,15-22H;/q-2;+2. The molecule has 0 saturated heterocycles. The van der Waals surface area contributed by atoms with E-state index in [0.29, 0.717) is 0 Å². The smallest absolute Gasteiger partial charge is 0.500 e. The van der Waals surface area contributed by atoms with Crippen LogP contribution < -0.4 is 0 Å². The van der Waals surface area contributed by atoms with E-state index in [1.165, 1.54) is 0 Å². The van der Waals surface area contributed by atoms with Crippen LogP contribution in [0.25, 0.3) is 77.8 Å². The number of hydrogen-bond donors (Lipinski definition) is 0. The average Bonchev–Trinajstić information content (AvgIpc) is 3.85. The molecule has 5 aromatic carbocycles. The molecule has 0 aliphatic rings. The van der Waals surface area contributed by atoms with Crippen molar-refractivity contribution in [2.75, 3.05) is 0 Å². The van der Waals surface area contributed by atoms with E-state index in [4.69, 9.17) is 19.0 Å². The summed E-state index contributed by atoms with van der Waals surface area (Å²) in [5.41, 5.74) is 8.66. The van der Waals surface area contributed by atoms with Gasteiger partial charge in [0.05, 0.1) is 22.5 Å². The zero-order valence-corrected chi connectivity index (χ0v) is 24.7. The van der Waals surface area contributed by atoms with E-state index < -0.39 is 0 Å². The third-order valence-electron chi connectivity index (χ3n) is 7.73. The van der Waals surface area contributed by atoms with Crippen molar-refractivity contribution in [1.29, 1.82) is 0 Å². The molecule has 0 aliphatic carbocycles. The molecule has 0 radical (unpaired) electrons. The van der Waals surface area contributed by atoms with Gasteiger partial charge < -0.3 is 8.83 Å². The van der Waals surface area contributed by atoms with E-state index in [-0.39, 0.29) is 21.1 Å². The van der Waals surface area contributed by atoms with Gasteiger partial charge in [-0.2, -0.15) is 0 Å². The van der Waals surface area contributed by atoms with E-state index in [9.17, 15) is 0 Å². The molecule has 9 rings (SSSR count). The molecule has 0 aliphatic heterocycles. The fourth-order valence-electron chi connectivity index (χ4n) is 5.69. The quantitative estimate of drug-likeness (QED) is 0.170. The maximum atomic E-state index is 5.98. The molecule has 4 aromatic heterocycles. The SMILES string of the molecule is [Pt+2].[c-]1cc2oc3ccccc3c2cc1-c1ccn(-c2ccccc2-n2ccc(-c3[c-]cc4oc5ccccc5c4c3)n2)n1. The van der Waals surface area contributed by atoms with Crippen LogP contribution >= 0.6 is 0 Å². The van der Waals surface area contributed by atoms with E-state index in [0.717, 1.165) is 77.8 Å². The van der Waals surface area contributed by atoms with E-state index >= 15 is 0 Å². The first-order valence-corrected chi connectivity index (χ1v) is 13.7. The monoisotopic (exact) mass is 735 g/mol. The van der Waals surface area contributed by atoms with Crippen molar-refractivity contribution in [3.05, 3.63) is 134 Å². The first kappa shape index (κ1) is 25.5. The van der Waals surface area contributed by atoms with E-state index in [2.05, 4.69) is 36.4 Å². The molecule has 0 bridgehead atoms. The van der Waals surface area contributed by atoms with Gasteiger partial charge >= 0.3 is 21.1 Å². The van der Waals surface area contributed by atoms with Gasteiger partial charge in [0.1, 0.15) is 11.2 Å². The topological polar surface area (TPSA) is 61.9 Å². The predicted molar refractivity (Wildman–Crippen MR) is 164 cm³/mol. The summed E-state index contributed by atoms with van der Waals surface area (Å²) >= 11 is 0. The molecular weight excluding hydrogens is 715 g/mol. The third-order valence-corrected chi connectivity index (χ3v) is 7.73. The minimum absolute atomic E-state index is 0. The summed E-state index contributed by atoms with van der Waals surface area (Å²) < 4.78 is 15.7. The van der Waals surface area contributed by atoms with Crippen LogP contribution in [0.15, 0.2) is 130 Å². The first-order valence-electron chi connectivity index (χ1n) is 13.7. The number of rotatable bonds is 4. The molecule has 9 aromatic rings. The number of aromatic nitrogens is 4. The van der Waals surface area contributed by atoms with Crippen LogP contribution in [0.1, 0.15) is 0 Å². The van der Waals surface area contributed by atoms with Gasteiger partial charge in [0.15, 0.2) is 0 Å². The maximum Gasteiger partial charge on any atom is 2.00 e. The number of nitrogens with zero attached hydrogens (tertiary/aromatic N) is 4. The summed E-state index contributed by atoms with van der Waals surface area (Å²) in [6, 6.07) is 42.9. The summed E-state index contributed by atoms with van der Waals surface area (Å²) in [6.07, 6.45) is 3.94. The van der Waals surface area contributed by atoms with Crippen molar-refractivity contribution in [1.82, 2.24) is 19.6 Å². The Morgan fingerprint density at radius 1 is 0.488 bits per heavy atom. The number of hydrogen-bond acceptors (Lipinski definition) is 4. The molecule has 0 fully saturated rings. The van der Waals surface area contributed by atoms with Gasteiger partial charge in [-0.25, -0.2) is 19.6 Å². The average molecular weight is 736 g/mol. The Bertz CT molecular complexity index is 2270. The molecular formula is C36H20N4O2Pt. The molecule has 0 spiro atoms. The van der Waals surface area contributed by atoms with Crippen molar-refractivity contribution in [2.24, 2.45) is 0 Å². The Morgan fingerprint density at radius 3 is 1.42 bits per heavy atom. The number of fused-ring (bicyclic) bond motifs is 6. The molecule has 206 valence electrons. The molecule has 43 heavy (non-hydrogen) atoms. The molecule has 0 atom stereocenters. The summed E-state index contributed by atoms with van der Waals surface area (Å²) in [4.78, 5) is 0. The van der Waals surface area contributed by atoms with Crippen LogP contribution in [0, 0.1) is 12.1 Å². The van der Waals surface area contributed by atoms with Crippen molar-refractivity contribution < 1.29 is 29.9 Å². The molecule has 4 heterocycles. The van der Waals surface area contributed by atoms with Crippen LogP contribution in [-0.4, -0.2) is 19.6 Å². The Morgan fingerprint density at radius 2 is 0.930 bits per heavy atom. The van der Waals surface area contributed by atoms with Gasteiger partial charge in [0.2, 0.25) is 0 Å². The number of benzene rings is 5. The van der Waals surface area contributed by atoms with Gasteiger partial charge in [-0.05, 0) is 24.3 Å². The summed E-state index contributed by atoms with van der Waals surface area (Å²) in [5, 5.41) is 14.1. The number of para-hydroxylation sites is 4. The minimum atomic E-state index is 0. The van der Waals surface area contributed by atoms with Gasteiger partial charge in [0.25, 0.3) is 0 Å². The molecule has 0 amide bonds. The van der Waals surface area contributed by atoms with E-state index in [1.54, 1.807) is 0 Å². The van der Waals surface area contributed by atoms with Crippen molar-refractivity contribution >= 4 is 43.9 Å². The second-order valence-corrected chi connectivity index (χ2v) is 10.2. The fraction of sp³-hybridized carbons (Fsp3) is 0. The summed E-state index contributed by atoms with van der Waals surface area (Å²) in [6.45, 7) is 0. The van der Waals surface area contributed by atoms with Gasteiger partial charge in [-0.15, -0.1) is 47.5 Å². The molecule has 7 heteroatoms. The van der Waals surface area contributed by atoms with Crippen LogP contribution in [0.4, 0.5) is 0 Å². The molecule has 6 nitrogen and oxygen atoms in total. The van der Waals surface area contributed by atoms with Crippen LogP contribution in [0.2, 0.25) is 0 Å². The molecule has 0 N–H and O–H groups in total. The first-order chi connectivity index (χ1) is 20.8. The van der Waals surface area contributed by atoms with Crippen LogP contribution in [-0.2, 0) is 21.1 Å². The largest absolute Gasteiger partial charge is 2.00 e. The third kappa shape index (κ3) is 4.14. The summed E-state index contributed by atoms with van der Waals surface area (Å²) in [7, 11) is 0. The Kier molecular flexibility index (Phi) is 5.91. The maximum absolute atomic E-state index is 5.98. The Balaban J connectivity index is 0.00000278. The Labute approximate surface area is 260 Å². The zero-order chi connectivity index (χ0) is 27.6. The second-order valence-electron chi connectivity index (χ2n) is 10.2. The predicted octanol–water partition coefficient (Wildman–Crippen LogP) is 8.79. The fourth-order valence-corrected chi connectivity index (χ4v) is 5.69. The van der Waals surface area contributed by atoms with Crippen molar-refractivity contribution in [2.45, 2.75) is 0 Å². The van der Waals surface area contributed by atoms with E-state index in [1.807, 2.05) is 107 Å². The molecule has 0 unspecified atom stereocenters. The van der Waals surface area contributed by atoms with Crippen molar-refractivity contribution in [3.63, 3.8) is 0 Å². The Hall–Kier alpha value is -5.19. The second kappa shape index (κ2) is 9.97.